The normalized spacial score (nSPS) is 18.6. The molecule has 0 aliphatic carbocycles. The van der Waals surface area contributed by atoms with Crippen LogP contribution in [0, 0.1) is 5.41 Å². The predicted octanol–water partition coefficient (Wildman–Crippen LogP) is 3.84. The van der Waals surface area contributed by atoms with Crippen molar-refractivity contribution >= 4 is 29.9 Å². The lowest BCUT2D eigenvalue weighted by Gasteiger charge is -2.62. The van der Waals surface area contributed by atoms with Crippen molar-refractivity contribution in [3.63, 3.8) is 0 Å². The zero-order valence-corrected chi connectivity index (χ0v) is 18.0. The molecular weight excluding hydrogens is 460 g/mol. The first-order chi connectivity index (χ1) is 11.5. The van der Waals surface area contributed by atoms with Crippen LogP contribution in [0.3, 0.4) is 0 Å². The highest BCUT2D eigenvalue weighted by Gasteiger charge is 2.53. The second kappa shape index (κ2) is 8.18. The quantitative estimate of drug-likeness (QED) is 0.400. The van der Waals surface area contributed by atoms with Crippen LogP contribution in [0.5, 0.6) is 5.88 Å². The van der Waals surface area contributed by atoms with Crippen LogP contribution in [-0.2, 0) is 6.54 Å². The van der Waals surface area contributed by atoms with Gasteiger partial charge in [0.15, 0.2) is 12.6 Å². The molecule has 26 heavy (non-hydrogen) atoms. The van der Waals surface area contributed by atoms with Gasteiger partial charge in [-0.3, -0.25) is 4.99 Å². The molecule has 0 radical (unpaired) electrons. The smallest absolute Gasteiger partial charge is 0.422 e. The van der Waals surface area contributed by atoms with Gasteiger partial charge in [0.05, 0.1) is 0 Å². The molecule has 1 aromatic heterocycles. The number of ether oxygens (including phenoxy) is 1. The molecule has 1 aromatic rings. The Balaban J connectivity index is 0.00000338. The summed E-state index contributed by atoms with van der Waals surface area (Å²) in [6, 6.07) is 3.12. The number of pyridine rings is 1. The van der Waals surface area contributed by atoms with Crippen LogP contribution in [0.4, 0.5) is 13.2 Å². The van der Waals surface area contributed by atoms with E-state index in [9.17, 15) is 13.2 Å². The van der Waals surface area contributed by atoms with E-state index in [4.69, 9.17) is 0 Å². The van der Waals surface area contributed by atoms with Gasteiger partial charge >= 0.3 is 6.18 Å². The molecule has 0 atom stereocenters. The summed E-state index contributed by atoms with van der Waals surface area (Å²) in [5.74, 6) is 0.748. The highest BCUT2D eigenvalue weighted by molar-refractivity contribution is 14.0. The van der Waals surface area contributed by atoms with Crippen molar-refractivity contribution in [2.75, 3.05) is 20.2 Å². The number of halogens is 4. The first kappa shape index (κ1) is 22.8. The number of likely N-dealkylation sites (tertiary alicyclic amines) is 1. The van der Waals surface area contributed by atoms with Crippen LogP contribution < -0.4 is 10.1 Å². The van der Waals surface area contributed by atoms with Gasteiger partial charge in [-0.05, 0) is 19.4 Å². The second-order valence-electron chi connectivity index (χ2n) is 7.34. The summed E-state index contributed by atoms with van der Waals surface area (Å²) in [5, 5.41) is 3.27. The van der Waals surface area contributed by atoms with Crippen molar-refractivity contribution in [3.8, 4) is 5.88 Å². The van der Waals surface area contributed by atoms with Gasteiger partial charge < -0.3 is 15.0 Å². The van der Waals surface area contributed by atoms with Crippen molar-refractivity contribution in [1.82, 2.24) is 15.2 Å². The van der Waals surface area contributed by atoms with Gasteiger partial charge in [-0.15, -0.1) is 24.0 Å². The lowest BCUT2D eigenvalue weighted by atomic mass is 9.65. The molecule has 0 spiro atoms. The van der Waals surface area contributed by atoms with Gasteiger partial charge in [0.2, 0.25) is 5.88 Å². The van der Waals surface area contributed by atoms with Crippen LogP contribution in [0.15, 0.2) is 23.3 Å². The fourth-order valence-corrected chi connectivity index (χ4v) is 2.63. The monoisotopic (exact) mass is 486 g/mol. The van der Waals surface area contributed by atoms with Crippen LogP contribution in [0.1, 0.15) is 33.3 Å². The zero-order valence-electron chi connectivity index (χ0n) is 15.6. The number of aliphatic imine (C=N–C) groups is 1. The third kappa shape index (κ3) is 5.14. The summed E-state index contributed by atoms with van der Waals surface area (Å²) >= 11 is 0. The fourth-order valence-electron chi connectivity index (χ4n) is 2.63. The van der Waals surface area contributed by atoms with Crippen LogP contribution in [-0.4, -0.2) is 47.8 Å². The van der Waals surface area contributed by atoms with Gasteiger partial charge in [-0.25, -0.2) is 4.98 Å². The minimum atomic E-state index is -4.37. The Kier molecular flexibility index (Phi) is 7.17. The average molecular weight is 486 g/mol. The summed E-state index contributed by atoms with van der Waals surface area (Å²) in [6.45, 7) is 8.84. The third-order valence-corrected chi connectivity index (χ3v) is 4.98. The van der Waals surface area contributed by atoms with E-state index in [0.717, 1.165) is 18.1 Å². The van der Waals surface area contributed by atoms with E-state index in [1.165, 1.54) is 12.3 Å². The lowest BCUT2D eigenvalue weighted by Crippen LogP contribution is -2.72. The van der Waals surface area contributed by atoms with Crippen LogP contribution in [0.2, 0.25) is 0 Å². The maximum atomic E-state index is 12.1. The Labute approximate surface area is 169 Å². The highest BCUT2D eigenvalue weighted by atomic mass is 127. The average Bonchev–Trinajstić information content (AvgIpc) is 2.52. The number of alkyl halides is 3. The molecule has 1 aliphatic rings. The maximum Gasteiger partial charge on any atom is 0.422 e. The van der Waals surface area contributed by atoms with E-state index >= 15 is 0 Å². The Morgan fingerprint density at radius 2 is 1.96 bits per heavy atom. The molecule has 9 heteroatoms. The SMILES string of the molecule is CN=C(NCc1ccc(OCC(F)(F)F)nc1)N1CC(C)(C)C1(C)C.I. The number of hydrogen-bond donors (Lipinski definition) is 1. The number of rotatable bonds is 4. The molecular formula is C17H26F3IN4O. The molecule has 0 bridgehead atoms. The molecule has 5 nitrogen and oxygen atoms in total. The van der Waals surface area contributed by atoms with Crippen molar-refractivity contribution in [2.45, 2.75) is 46.0 Å². The highest BCUT2D eigenvalue weighted by Crippen LogP contribution is 2.46. The number of aromatic nitrogens is 1. The van der Waals surface area contributed by atoms with E-state index in [-0.39, 0.29) is 40.8 Å². The van der Waals surface area contributed by atoms with Gasteiger partial charge in [0.25, 0.3) is 0 Å². The topological polar surface area (TPSA) is 49.8 Å². The molecule has 1 aliphatic heterocycles. The van der Waals surface area contributed by atoms with E-state index in [1.807, 2.05) is 0 Å². The number of hydrogen-bond acceptors (Lipinski definition) is 3. The van der Waals surface area contributed by atoms with Crippen molar-refractivity contribution in [3.05, 3.63) is 23.9 Å². The predicted molar refractivity (Wildman–Crippen MR) is 106 cm³/mol. The summed E-state index contributed by atoms with van der Waals surface area (Å²) in [6.07, 6.45) is -2.87. The molecule has 1 saturated heterocycles. The third-order valence-electron chi connectivity index (χ3n) is 4.98. The lowest BCUT2D eigenvalue weighted by molar-refractivity contribution is -0.154. The molecule has 0 aromatic carbocycles. The molecule has 0 unspecified atom stereocenters. The Bertz CT molecular complexity index is 630. The van der Waals surface area contributed by atoms with Crippen LogP contribution in [0.25, 0.3) is 0 Å². The number of nitrogens with one attached hydrogen (secondary N) is 1. The molecule has 0 saturated carbocycles. The number of guanidine groups is 1. The van der Waals surface area contributed by atoms with Gasteiger partial charge in [-0.2, -0.15) is 13.2 Å². The van der Waals surface area contributed by atoms with Crippen LogP contribution >= 0.6 is 24.0 Å². The molecule has 0 amide bonds. The molecule has 1 N–H and O–H groups in total. The molecule has 2 heterocycles. The first-order valence-corrected chi connectivity index (χ1v) is 8.09. The van der Waals surface area contributed by atoms with Crippen molar-refractivity contribution in [1.29, 1.82) is 0 Å². The Morgan fingerprint density at radius 1 is 1.31 bits per heavy atom. The van der Waals surface area contributed by atoms with E-state index in [0.29, 0.717) is 6.54 Å². The summed E-state index contributed by atoms with van der Waals surface area (Å²) < 4.78 is 41.0. The molecule has 148 valence electrons. The van der Waals surface area contributed by atoms with E-state index in [1.54, 1.807) is 13.1 Å². The van der Waals surface area contributed by atoms with Gasteiger partial charge in [0.1, 0.15) is 0 Å². The van der Waals surface area contributed by atoms with Gasteiger partial charge in [-0.1, -0.05) is 19.9 Å². The molecule has 1 fully saturated rings. The number of nitrogens with zero attached hydrogens (tertiary/aromatic N) is 3. The van der Waals surface area contributed by atoms with E-state index in [2.05, 4.69) is 52.6 Å². The first-order valence-electron chi connectivity index (χ1n) is 8.09. The van der Waals surface area contributed by atoms with Crippen molar-refractivity contribution < 1.29 is 17.9 Å². The summed E-state index contributed by atoms with van der Waals surface area (Å²) in [4.78, 5) is 10.4. The standard InChI is InChI=1S/C17H25F3N4O.HI/c1-15(2)10-24(16(15,3)4)14(21-5)23-9-12-6-7-13(22-8-12)25-11-17(18,19)20;/h6-8H,9-11H2,1-5H3,(H,21,23);1H. The maximum absolute atomic E-state index is 12.1. The van der Waals surface area contributed by atoms with Gasteiger partial charge in [0, 0.05) is 43.4 Å². The second-order valence-corrected chi connectivity index (χ2v) is 7.34. The largest absolute Gasteiger partial charge is 0.468 e. The van der Waals surface area contributed by atoms with E-state index < -0.39 is 12.8 Å². The minimum Gasteiger partial charge on any atom is -0.468 e. The van der Waals surface area contributed by atoms with Crippen molar-refractivity contribution in [2.24, 2.45) is 10.4 Å². The summed E-state index contributed by atoms with van der Waals surface area (Å²) in [7, 11) is 1.73. The fraction of sp³-hybridized carbons (Fsp3) is 0.647. The minimum absolute atomic E-state index is 0. The Morgan fingerprint density at radius 3 is 2.38 bits per heavy atom. The molecule has 2 rings (SSSR count). The zero-order chi connectivity index (χ0) is 18.9. The Hall–Kier alpha value is -1.26. The summed E-state index contributed by atoms with van der Waals surface area (Å²) in [5.41, 5.74) is 1.02.